The standard InChI is InChI=1S/C29H52O/c1-3-5-6-8-12-25-19-21-29(22-20-25,27-13-9-7-10-14-27)28(23-30)26-17-15-24(11-4-2)16-18-26/h23-28H,3-22H2,1-2H3. The maximum Gasteiger partial charge on any atom is 0.123 e. The molecular weight excluding hydrogens is 364 g/mol. The molecule has 3 fully saturated rings. The molecule has 0 amide bonds. The summed E-state index contributed by atoms with van der Waals surface area (Å²) in [7, 11) is 0. The van der Waals surface area contributed by atoms with Crippen molar-refractivity contribution in [3.63, 3.8) is 0 Å². The predicted octanol–water partition coefficient (Wildman–Crippen LogP) is 9.14. The van der Waals surface area contributed by atoms with Crippen molar-refractivity contribution < 1.29 is 4.79 Å². The second-order valence-corrected chi connectivity index (χ2v) is 11.6. The van der Waals surface area contributed by atoms with Gasteiger partial charge < -0.3 is 4.79 Å². The van der Waals surface area contributed by atoms with Crippen LogP contribution in [0, 0.1) is 35.0 Å². The third kappa shape index (κ3) is 6.13. The number of carbonyl (C=O) groups is 1. The fraction of sp³-hybridized carbons (Fsp3) is 0.966. The highest BCUT2D eigenvalue weighted by Gasteiger charge is 2.49. The lowest BCUT2D eigenvalue weighted by Crippen LogP contribution is -2.46. The molecule has 0 heterocycles. The van der Waals surface area contributed by atoms with Crippen LogP contribution in [0.5, 0.6) is 0 Å². The summed E-state index contributed by atoms with van der Waals surface area (Å²) in [6, 6.07) is 0. The zero-order chi connectivity index (χ0) is 21.2. The van der Waals surface area contributed by atoms with E-state index in [9.17, 15) is 4.79 Å². The number of unbranched alkanes of at least 4 members (excludes halogenated alkanes) is 3. The molecule has 1 unspecified atom stereocenters. The van der Waals surface area contributed by atoms with Gasteiger partial charge in [-0.15, -0.1) is 0 Å². The lowest BCUT2D eigenvalue weighted by atomic mass is 9.51. The molecule has 3 aliphatic carbocycles. The second kappa shape index (κ2) is 12.6. The van der Waals surface area contributed by atoms with Crippen LogP contribution in [-0.2, 0) is 4.79 Å². The topological polar surface area (TPSA) is 17.1 Å². The van der Waals surface area contributed by atoms with E-state index in [1.54, 1.807) is 0 Å². The molecule has 0 bridgehead atoms. The fourth-order valence-electron chi connectivity index (χ4n) is 8.02. The zero-order valence-electron chi connectivity index (χ0n) is 20.5. The molecule has 1 heteroatoms. The minimum Gasteiger partial charge on any atom is -0.303 e. The van der Waals surface area contributed by atoms with Gasteiger partial charge in [-0.25, -0.2) is 0 Å². The summed E-state index contributed by atoms with van der Waals surface area (Å²) in [5, 5.41) is 0. The molecule has 30 heavy (non-hydrogen) atoms. The Labute approximate surface area is 188 Å². The van der Waals surface area contributed by atoms with Gasteiger partial charge in [0.15, 0.2) is 0 Å². The summed E-state index contributed by atoms with van der Waals surface area (Å²) in [5.74, 6) is 3.80. The minimum absolute atomic E-state index is 0.365. The maximum atomic E-state index is 12.7. The fourth-order valence-corrected chi connectivity index (χ4v) is 8.02. The quantitative estimate of drug-likeness (QED) is 0.242. The summed E-state index contributed by atoms with van der Waals surface area (Å²) in [6.07, 6.45) is 29.4. The number of carbonyl (C=O) groups excluding carboxylic acids is 1. The van der Waals surface area contributed by atoms with Crippen molar-refractivity contribution >= 4 is 6.29 Å². The van der Waals surface area contributed by atoms with Gasteiger partial charge in [-0.05, 0) is 80.5 Å². The average molecular weight is 417 g/mol. The highest BCUT2D eigenvalue weighted by molar-refractivity contribution is 5.56. The summed E-state index contributed by atoms with van der Waals surface area (Å²) < 4.78 is 0. The van der Waals surface area contributed by atoms with E-state index in [-0.39, 0.29) is 0 Å². The van der Waals surface area contributed by atoms with Crippen molar-refractivity contribution in [2.45, 2.75) is 142 Å². The monoisotopic (exact) mass is 416 g/mol. The Balaban J connectivity index is 1.65. The molecular formula is C29H52O. The molecule has 3 aliphatic rings. The first kappa shape index (κ1) is 24.3. The van der Waals surface area contributed by atoms with Gasteiger partial charge in [0, 0.05) is 5.92 Å². The van der Waals surface area contributed by atoms with Gasteiger partial charge in [0.1, 0.15) is 6.29 Å². The van der Waals surface area contributed by atoms with Crippen molar-refractivity contribution in [1.82, 2.24) is 0 Å². The van der Waals surface area contributed by atoms with Crippen molar-refractivity contribution in [1.29, 1.82) is 0 Å². The van der Waals surface area contributed by atoms with Crippen LogP contribution in [0.15, 0.2) is 0 Å². The Hall–Kier alpha value is -0.330. The lowest BCUT2D eigenvalue weighted by Gasteiger charge is -2.53. The van der Waals surface area contributed by atoms with Gasteiger partial charge >= 0.3 is 0 Å². The van der Waals surface area contributed by atoms with Gasteiger partial charge in [0.2, 0.25) is 0 Å². The molecule has 0 saturated heterocycles. The number of aldehydes is 1. The first-order chi connectivity index (χ1) is 14.7. The van der Waals surface area contributed by atoms with E-state index in [0.717, 1.165) is 17.8 Å². The molecule has 3 saturated carbocycles. The summed E-state index contributed by atoms with van der Waals surface area (Å²) >= 11 is 0. The van der Waals surface area contributed by atoms with Crippen molar-refractivity contribution in [3.8, 4) is 0 Å². The van der Waals surface area contributed by atoms with Crippen LogP contribution in [0.1, 0.15) is 142 Å². The van der Waals surface area contributed by atoms with Gasteiger partial charge in [-0.1, -0.05) is 90.9 Å². The Morgan fingerprint density at radius 2 is 1.40 bits per heavy atom. The van der Waals surface area contributed by atoms with Crippen LogP contribution >= 0.6 is 0 Å². The molecule has 3 rings (SSSR count). The molecule has 0 N–H and O–H groups in total. The van der Waals surface area contributed by atoms with Gasteiger partial charge in [0.05, 0.1) is 0 Å². The number of hydrogen-bond acceptors (Lipinski definition) is 1. The highest BCUT2D eigenvalue weighted by atomic mass is 16.1. The Morgan fingerprint density at radius 3 is 2.00 bits per heavy atom. The summed E-state index contributed by atoms with van der Waals surface area (Å²) in [6.45, 7) is 4.65. The van der Waals surface area contributed by atoms with E-state index >= 15 is 0 Å². The van der Waals surface area contributed by atoms with Gasteiger partial charge in [-0.2, -0.15) is 0 Å². The lowest BCUT2D eigenvalue weighted by molar-refractivity contribution is -0.125. The Kier molecular flexibility index (Phi) is 10.2. The number of hydrogen-bond donors (Lipinski definition) is 0. The average Bonchev–Trinajstić information content (AvgIpc) is 2.80. The van der Waals surface area contributed by atoms with Crippen LogP contribution in [0.2, 0.25) is 0 Å². The summed E-state index contributed by atoms with van der Waals surface area (Å²) in [4.78, 5) is 12.7. The van der Waals surface area contributed by atoms with Crippen LogP contribution in [0.3, 0.4) is 0 Å². The highest BCUT2D eigenvalue weighted by Crippen LogP contribution is 2.57. The van der Waals surface area contributed by atoms with Crippen LogP contribution in [0.4, 0.5) is 0 Å². The predicted molar refractivity (Wildman–Crippen MR) is 130 cm³/mol. The van der Waals surface area contributed by atoms with E-state index in [2.05, 4.69) is 13.8 Å². The second-order valence-electron chi connectivity index (χ2n) is 11.6. The molecule has 1 nitrogen and oxygen atoms in total. The third-order valence-electron chi connectivity index (χ3n) is 9.83. The SMILES string of the molecule is CCCCCCC1CCC(C2CCCCC2)(C(C=O)C2CCC(CCC)CC2)CC1. The smallest absolute Gasteiger partial charge is 0.123 e. The van der Waals surface area contributed by atoms with E-state index in [4.69, 9.17) is 0 Å². The van der Waals surface area contributed by atoms with E-state index in [0.29, 0.717) is 17.3 Å². The number of rotatable bonds is 11. The van der Waals surface area contributed by atoms with Gasteiger partial charge in [-0.3, -0.25) is 0 Å². The maximum absolute atomic E-state index is 12.7. The first-order valence-electron chi connectivity index (χ1n) is 14.2. The molecule has 174 valence electrons. The Morgan fingerprint density at radius 1 is 0.733 bits per heavy atom. The molecule has 0 radical (unpaired) electrons. The zero-order valence-corrected chi connectivity index (χ0v) is 20.5. The van der Waals surface area contributed by atoms with Crippen LogP contribution in [-0.4, -0.2) is 6.29 Å². The summed E-state index contributed by atoms with van der Waals surface area (Å²) in [5.41, 5.74) is 0.365. The van der Waals surface area contributed by atoms with E-state index in [1.807, 2.05) is 0 Å². The van der Waals surface area contributed by atoms with Gasteiger partial charge in [0.25, 0.3) is 0 Å². The Bertz CT molecular complexity index is 461. The molecule has 0 aliphatic heterocycles. The third-order valence-corrected chi connectivity index (χ3v) is 9.83. The minimum atomic E-state index is 0.365. The van der Waals surface area contributed by atoms with E-state index in [1.165, 1.54) is 135 Å². The molecule has 1 atom stereocenters. The largest absolute Gasteiger partial charge is 0.303 e. The van der Waals surface area contributed by atoms with Crippen molar-refractivity contribution in [2.24, 2.45) is 35.0 Å². The molecule has 0 aromatic heterocycles. The van der Waals surface area contributed by atoms with Crippen molar-refractivity contribution in [3.05, 3.63) is 0 Å². The van der Waals surface area contributed by atoms with Crippen LogP contribution in [0.25, 0.3) is 0 Å². The van der Waals surface area contributed by atoms with Crippen LogP contribution < -0.4 is 0 Å². The van der Waals surface area contributed by atoms with Crippen molar-refractivity contribution in [2.75, 3.05) is 0 Å². The molecule has 0 spiro atoms. The molecule has 0 aromatic rings. The first-order valence-corrected chi connectivity index (χ1v) is 14.2. The molecule has 0 aromatic carbocycles. The van der Waals surface area contributed by atoms with E-state index < -0.39 is 0 Å². The normalized spacial score (nSPS) is 34.5.